The van der Waals surface area contributed by atoms with Crippen molar-refractivity contribution in [3.8, 4) is 0 Å². The van der Waals surface area contributed by atoms with Crippen molar-refractivity contribution >= 4 is 11.8 Å². The van der Waals surface area contributed by atoms with Gasteiger partial charge >= 0.3 is 0 Å². The van der Waals surface area contributed by atoms with E-state index in [9.17, 15) is 9.59 Å². The number of piperazine rings is 1. The molecule has 0 aromatic carbocycles. The Hall–Kier alpha value is -1.82. The molecule has 126 valence electrons. The normalized spacial score (nSPS) is 23.1. The van der Waals surface area contributed by atoms with Gasteiger partial charge in [0, 0.05) is 38.8 Å². The molecule has 2 saturated heterocycles. The highest BCUT2D eigenvalue weighted by atomic mass is 16.3. The number of hydrogen-bond acceptors (Lipinski definition) is 4. The number of carbonyl (C=O) groups excluding carboxylic acids is 2. The van der Waals surface area contributed by atoms with E-state index in [0.717, 1.165) is 32.5 Å². The van der Waals surface area contributed by atoms with Crippen molar-refractivity contribution in [2.45, 2.75) is 32.2 Å². The summed E-state index contributed by atoms with van der Waals surface area (Å²) in [4.78, 5) is 30.7. The molecule has 2 aliphatic heterocycles. The van der Waals surface area contributed by atoms with E-state index in [1.807, 2.05) is 9.80 Å². The first-order valence-corrected chi connectivity index (χ1v) is 8.48. The van der Waals surface area contributed by atoms with Gasteiger partial charge in [-0.25, -0.2) is 0 Å². The van der Waals surface area contributed by atoms with E-state index in [4.69, 9.17) is 4.42 Å². The third-order valence-corrected chi connectivity index (χ3v) is 4.91. The Morgan fingerprint density at radius 1 is 1.17 bits per heavy atom. The third-order valence-electron chi connectivity index (χ3n) is 4.91. The van der Waals surface area contributed by atoms with Crippen molar-refractivity contribution in [1.82, 2.24) is 14.7 Å². The van der Waals surface area contributed by atoms with Gasteiger partial charge < -0.3 is 14.2 Å². The Morgan fingerprint density at radius 2 is 1.96 bits per heavy atom. The van der Waals surface area contributed by atoms with Crippen LogP contribution in [0.25, 0.3) is 0 Å². The quantitative estimate of drug-likeness (QED) is 0.846. The lowest BCUT2D eigenvalue weighted by Crippen LogP contribution is -2.53. The molecule has 0 spiro atoms. The van der Waals surface area contributed by atoms with Gasteiger partial charge in [-0.2, -0.15) is 0 Å². The van der Waals surface area contributed by atoms with Crippen molar-refractivity contribution < 1.29 is 14.0 Å². The highest BCUT2D eigenvalue weighted by Crippen LogP contribution is 2.17. The Balaban J connectivity index is 1.47. The summed E-state index contributed by atoms with van der Waals surface area (Å²) in [6.45, 7) is 6.31. The third kappa shape index (κ3) is 3.75. The van der Waals surface area contributed by atoms with Crippen LogP contribution >= 0.6 is 0 Å². The van der Waals surface area contributed by atoms with Gasteiger partial charge in [0.05, 0.1) is 18.4 Å². The molecule has 2 amide bonds. The van der Waals surface area contributed by atoms with Crippen molar-refractivity contribution in [2.24, 2.45) is 0 Å². The molecule has 6 nitrogen and oxygen atoms in total. The van der Waals surface area contributed by atoms with Crippen molar-refractivity contribution in [3.05, 3.63) is 24.2 Å². The van der Waals surface area contributed by atoms with Crippen LogP contribution in [-0.4, -0.2) is 71.8 Å². The van der Waals surface area contributed by atoms with E-state index in [1.165, 1.54) is 18.9 Å². The van der Waals surface area contributed by atoms with Crippen LogP contribution < -0.4 is 0 Å². The van der Waals surface area contributed by atoms with Gasteiger partial charge in [-0.15, -0.1) is 0 Å². The number of nitrogens with zero attached hydrogens (tertiary/aromatic N) is 3. The fourth-order valence-electron chi connectivity index (χ4n) is 3.43. The van der Waals surface area contributed by atoms with Crippen LogP contribution in [0.4, 0.5) is 0 Å². The summed E-state index contributed by atoms with van der Waals surface area (Å²) in [5, 5.41) is 0. The average molecular weight is 319 g/mol. The van der Waals surface area contributed by atoms with Crippen LogP contribution in [-0.2, 0) is 4.79 Å². The molecule has 0 radical (unpaired) electrons. The largest absolute Gasteiger partial charge is 0.472 e. The lowest BCUT2D eigenvalue weighted by atomic mass is 10.0. The second-order valence-corrected chi connectivity index (χ2v) is 6.51. The predicted molar refractivity (Wildman–Crippen MR) is 86.1 cm³/mol. The molecule has 0 N–H and O–H groups in total. The van der Waals surface area contributed by atoms with E-state index in [0.29, 0.717) is 31.2 Å². The fourth-order valence-corrected chi connectivity index (χ4v) is 3.43. The van der Waals surface area contributed by atoms with Crippen LogP contribution in [0.5, 0.6) is 0 Å². The minimum absolute atomic E-state index is 0.00868. The standard InChI is InChI=1S/C17H25N3O3/c1-14-4-2-3-6-20(14)16(21)12-18-7-9-19(10-8-18)17(22)15-5-11-23-13-15/h5,11,13-14H,2-4,6-10,12H2,1H3. The molecule has 3 heterocycles. The molecular weight excluding hydrogens is 294 g/mol. The summed E-state index contributed by atoms with van der Waals surface area (Å²) < 4.78 is 4.97. The molecule has 1 unspecified atom stereocenters. The summed E-state index contributed by atoms with van der Waals surface area (Å²) in [6.07, 6.45) is 6.44. The SMILES string of the molecule is CC1CCCCN1C(=O)CN1CCN(C(=O)c2ccoc2)CC1. The van der Waals surface area contributed by atoms with E-state index in [-0.39, 0.29) is 11.8 Å². The first-order chi connectivity index (χ1) is 11.1. The first-order valence-electron chi connectivity index (χ1n) is 8.48. The molecular formula is C17H25N3O3. The minimum Gasteiger partial charge on any atom is -0.472 e. The zero-order valence-corrected chi connectivity index (χ0v) is 13.7. The number of carbonyl (C=O) groups is 2. The maximum atomic E-state index is 12.5. The first kappa shape index (κ1) is 16.1. The molecule has 0 bridgehead atoms. The maximum absolute atomic E-state index is 12.5. The second kappa shape index (κ2) is 7.17. The monoisotopic (exact) mass is 319 g/mol. The zero-order valence-electron chi connectivity index (χ0n) is 13.7. The van der Waals surface area contributed by atoms with Gasteiger partial charge in [0.2, 0.25) is 5.91 Å². The summed E-state index contributed by atoms with van der Waals surface area (Å²) in [7, 11) is 0. The van der Waals surface area contributed by atoms with Crippen molar-refractivity contribution in [3.63, 3.8) is 0 Å². The van der Waals surface area contributed by atoms with E-state index >= 15 is 0 Å². The van der Waals surface area contributed by atoms with Crippen LogP contribution in [0.2, 0.25) is 0 Å². The molecule has 1 atom stereocenters. The number of furan rings is 1. The van der Waals surface area contributed by atoms with Gasteiger partial charge in [0.25, 0.3) is 5.91 Å². The molecule has 1 aromatic rings. The lowest BCUT2D eigenvalue weighted by molar-refractivity contribution is -0.136. The van der Waals surface area contributed by atoms with Gasteiger partial charge in [-0.05, 0) is 32.3 Å². The van der Waals surface area contributed by atoms with Gasteiger partial charge in [0.15, 0.2) is 0 Å². The zero-order chi connectivity index (χ0) is 16.2. The van der Waals surface area contributed by atoms with Crippen molar-refractivity contribution in [2.75, 3.05) is 39.3 Å². The molecule has 1 aromatic heterocycles. The van der Waals surface area contributed by atoms with Crippen LogP contribution in [0.1, 0.15) is 36.5 Å². The molecule has 6 heteroatoms. The Kier molecular flexibility index (Phi) is 5.00. The van der Waals surface area contributed by atoms with E-state index < -0.39 is 0 Å². The molecule has 23 heavy (non-hydrogen) atoms. The molecule has 0 saturated carbocycles. The summed E-state index contributed by atoms with van der Waals surface area (Å²) in [5.41, 5.74) is 0.594. The fraction of sp³-hybridized carbons (Fsp3) is 0.647. The summed E-state index contributed by atoms with van der Waals surface area (Å²) >= 11 is 0. The van der Waals surface area contributed by atoms with Gasteiger partial charge in [0.1, 0.15) is 6.26 Å². The Labute approximate surface area is 137 Å². The number of amides is 2. The molecule has 2 aliphatic rings. The van der Waals surface area contributed by atoms with Gasteiger partial charge in [-0.1, -0.05) is 0 Å². The highest BCUT2D eigenvalue weighted by molar-refractivity contribution is 5.93. The highest BCUT2D eigenvalue weighted by Gasteiger charge is 2.27. The second-order valence-electron chi connectivity index (χ2n) is 6.51. The lowest BCUT2D eigenvalue weighted by Gasteiger charge is -2.38. The molecule has 3 rings (SSSR count). The number of hydrogen-bond donors (Lipinski definition) is 0. The Bertz CT molecular complexity index is 535. The van der Waals surface area contributed by atoms with Crippen LogP contribution in [0.3, 0.4) is 0 Å². The summed E-state index contributed by atoms with van der Waals surface area (Å²) in [6, 6.07) is 2.05. The minimum atomic E-state index is 0.00868. The van der Waals surface area contributed by atoms with Crippen molar-refractivity contribution in [1.29, 1.82) is 0 Å². The topological polar surface area (TPSA) is 57.0 Å². The average Bonchev–Trinajstić information content (AvgIpc) is 3.09. The van der Waals surface area contributed by atoms with Gasteiger partial charge in [-0.3, -0.25) is 14.5 Å². The van der Waals surface area contributed by atoms with Crippen LogP contribution in [0.15, 0.2) is 23.0 Å². The number of rotatable bonds is 3. The van der Waals surface area contributed by atoms with E-state index in [1.54, 1.807) is 6.07 Å². The summed E-state index contributed by atoms with van der Waals surface area (Å²) in [5.74, 6) is 0.237. The predicted octanol–water partition coefficient (Wildman–Crippen LogP) is 1.44. The van der Waals surface area contributed by atoms with Crippen LogP contribution in [0, 0.1) is 0 Å². The number of likely N-dealkylation sites (tertiary alicyclic amines) is 1. The maximum Gasteiger partial charge on any atom is 0.257 e. The molecule has 2 fully saturated rings. The van der Waals surface area contributed by atoms with E-state index in [2.05, 4.69) is 11.8 Å². The Morgan fingerprint density at radius 3 is 2.61 bits per heavy atom. The smallest absolute Gasteiger partial charge is 0.257 e. The molecule has 0 aliphatic carbocycles. The number of piperidine rings is 1.